The molecule has 0 fully saturated rings. The molecule has 0 aliphatic heterocycles. The number of hydrogen-bond donors (Lipinski definition) is 5. The summed E-state index contributed by atoms with van der Waals surface area (Å²) in [6.07, 6.45) is 3.33. The topological polar surface area (TPSA) is 151 Å². The van der Waals surface area contributed by atoms with Crippen LogP contribution in [-0.2, 0) is 19.2 Å². The Hall–Kier alpha value is -1.81. The second-order valence-electron chi connectivity index (χ2n) is 9.02. The van der Waals surface area contributed by atoms with Crippen molar-refractivity contribution in [2.24, 2.45) is 23.5 Å². The number of hydrogen-bond acceptors (Lipinski definition) is 6. The molecule has 10 heteroatoms. The van der Waals surface area contributed by atoms with E-state index in [-0.39, 0.29) is 17.8 Å². The summed E-state index contributed by atoms with van der Waals surface area (Å²) in [5.41, 5.74) is 5.97. The summed E-state index contributed by atoms with van der Waals surface area (Å²) in [5, 5.41) is 17.4. The number of aliphatic carboxylic acids is 1. The van der Waals surface area contributed by atoms with Gasteiger partial charge in [-0.15, -0.1) is 0 Å². The highest BCUT2D eigenvalue weighted by molar-refractivity contribution is 7.98. The van der Waals surface area contributed by atoms with E-state index in [9.17, 15) is 24.3 Å². The Kier molecular flexibility index (Phi) is 14.2. The Labute approximate surface area is 196 Å². The van der Waals surface area contributed by atoms with Crippen LogP contribution in [-0.4, -0.2) is 65.0 Å². The summed E-state index contributed by atoms with van der Waals surface area (Å²) in [5.74, 6) is -2.25. The average molecular weight is 475 g/mol. The van der Waals surface area contributed by atoms with Crippen molar-refractivity contribution in [2.75, 3.05) is 12.0 Å². The van der Waals surface area contributed by atoms with Crippen molar-refractivity contribution >= 4 is 35.5 Å². The van der Waals surface area contributed by atoms with Crippen LogP contribution in [0.3, 0.4) is 0 Å². The number of carboxylic acids is 1. The van der Waals surface area contributed by atoms with Gasteiger partial charge in [0.2, 0.25) is 17.7 Å². The number of thioether (sulfide) groups is 1. The Morgan fingerprint density at radius 3 is 1.91 bits per heavy atom. The van der Waals surface area contributed by atoms with E-state index in [2.05, 4.69) is 16.0 Å². The van der Waals surface area contributed by atoms with Gasteiger partial charge in [-0.3, -0.25) is 14.4 Å². The zero-order valence-electron chi connectivity index (χ0n) is 20.4. The lowest BCUT2D eigenvalue weighted by molar-refractivity contribution is -0.143. The van der Waals surface area contributed by atoms with Crippen molar-refractivity contribution in [2.45, 2.75) is 85.0 Å². The molecule has 0 aromatic rings. The summed E-state index contributed by atoms with van der Waals surface area (Å²) in [4.78, 5) is 49.9. The van der Waals surface area contributed by atoms with Crippen LogP contribution in [0.4, 0.5) is 0 Å². The fourth-order valence-corrected chi connectivity index (χ4v) is 3.58. The minimum atomic E-state index is -1.13. The third-order valence-electron chi connectivity index (χ3n) is 5.33. The van der Waals surface area contributed by atoms with Crippen LogP contribution in [0.15, 0.2) is 0 Å². The first kappa shape index (κ1) is 30.2. The van der Waals surface area contributed by atoms with Gasteiger partial charge in [-0.25, -0.2) is 4.79 Å². The molecule has 0 bridgehead atoms. The lowest BCUT2D eigenvalue weighted by Crippen LogP contribution is -2.59. The fraction of sp³-hybridized carbons (Fsp3) is 0.818. The normalized spacial score (nSPS) is 16.1. The van der Waals surface area contributed by atoms with Crippen LogP contribution in [0.25, 0.3) is 0 Å². The molecule has 0 heterocycles. The second-order valence-corrected chi connectivity index (χ2v) is 10.0. The van der Waals surface area contributed by atoms with Crippen molar-refractivity contribution in [3.05, 3.63) is 0 Å². The van der Waals surface area contributed by atoms with Gasteiger partial charge >= 0.3 is 5.97 Å². The van der Waals surface area contributed by atoms with Gasteiger partial charge in [-0.05, 0) is 42.6 Å². The van der Waals surface area contributed by atoms with Gasteiger partial charge in [0.1, 0.15) is 18.1 Å². The van der Waals surface area contributed by atoms with E-state index < -0.39 is 47.9 Å². The molecular formula is C22H42N4O5S. The van der Waals surface area contributed by atoms with Crippen molar-refractivity contribution in [1.29, 1.82) is 0 Å². The van der Waals surface area contributed by atoms with E-state index in [1.165, 1.54) is 11.8 Å². The van der Waals surface area contributed by atoms with Gasteiger partial charge in [0.15, 0.2) is 0 Å². The molecule has 0 aliphatic carbocycles. The van der Waals surface area contributed by atoms with Gasteiger partial charge in [-0.2, -0.15) is 11.8 Å². The largest absolute Gasteiger partial charge is 0.480 e. The summed E-state index contributed by atoms with van der Waals surface area (Å²) < 4.78 is 0. The van der Waals surface area contributed by atoms with Crippen LogP contribution in [0, 0.1) is 17.8 Å². The third-order valence-corrected chi connectivity index (χ3v) is 5.97. The minimum Gasteiger partial charge on any atom is -0.480 e. The number of nitrogens with one attached hydrogen (secondary N) is 3. The molecule has 5 unspecified atom stereocenters. The van der Waals surface area contributed by atoms with Gasteiger partial charge in [0.05, 0.1) is 6.04 Å². The molecule has 0 radical (unpaired) electrons. The van der Waals surface area contributed by atoms with E-state index in [0.717, 1.165) is 0 Å². The van der Waals surface area contributed by atoms with Crippen molar-refractivity contribution < 1.29 is 24.3 Å². The number of amides is 3. The molecule has 6 N–H and O–H groups in total. The minimum absolute atomic E-state index is 0.183. The summed E-state index contributed by atoms with van der Waals surface area (Å²) >= 11 is 1.51. The maximum atomic E-state index is 13.1. The first-order chi connectivity index (χ1) is 14.8. The lowest BCUT2D eigenvalue weighted by Gasteiger charge is -2.28. The van der Waals surface area contributed by atoms with Gasteiger partial charge in [0, 0.05) is 0 Å². The van der Waals surface area contributed by atoms with E-state index in [1.807, 2.05) is 34.0 Å². The summed E-state index contributed by atoms with van der Waals surface area (Å²) in [7, 11) is 0. The molecule has 186 valence electrons. The van der Waals surface area contributed by atoms with Crippen LogP contribution >= 0.6 is 11.8 Å². The highest BCUT2D eigenvalue weighted by Crippen LogP contribution is 2.12. The third kappa shape index (κ3) is 10.7. The first-order valence-electron chi connectivity index (χ1n) is 11.2. The van der Waals surface area contributed by atoms with Crippen molar-refractivity contribution in [3.8, 4) is 0 Å². The second kappa shape index (κ2) is 15.1. The van der Waals surface area contributed by atoms with Crippen molar-refractivity contribution in [1.82, 2.24) is 16.0 Å². The molecule has 0 saturated carbocycles. The predicted octanol–water partition coefficient (Wildman–Crippen LogP) is 1.35. The molecule has 3 amide bonds. The summed E-state index contributed by atoms with van der Waals surface area (Å²) in [6.45, 7) is 11.1. The van der Waals surface area contributed by atoms with Crippen LogP contribution in [0.5, 0.6) is 0 Å². The molecule has 0 saturated heterocycles. The number of nitrogens with two attached hydrogens (primary N) is 1. The monoisotopic (exact) mass is 474 g/mol. The number of carboxylic acid groups (broad SMARTS) is 1. The Bertz CT molecular complexity index is 629. The summed E-state index contributed by atoms with van der Waals surface area (Å²) in [6, 6.07) is -3.55. The SMILES string of the molecule is CCC(C)C(NC(=O)C(N)CC(C)C)C(=O)NC(CCSC)C(=O)NC(C(=O)O)C(C)C. The van der Waals surface area contributed by atoms with E-state index in [0.29, 0.717) is 25.0 Å². The Morgan fingerprint density at radius 1 is 0.906 bits per heavy atom. The average Bonchev–Trinajstić information content (AvgIpc) is 2.70. The highest BCUT2D eigenvalue weighted by Gasteiger charge is 2.33. The number of carbonyl (C=O) groups is 4. The predicted molar refractivity (Wildman–Crippen MR) is 128 cm³/mol. The quantitative estimate of drug-likeness (QED) is 0.240. The zero-order chi connectivity index (χ0) is 25.0. The maximum absolute atomic E-state index is 13.1. The van der Waals surface area contributed by atoms with Gasteiger partial charge in [-0.1, -0.05) is 48.0 Å². The van der Waals surface area contributed by atoms with Crippen LogP contribution < -0.4 is 21.7 Å². The van der Waals surface area contributed by atoms with Gasteiger partial charge < -0.3 is 26.8 Å². The standard InChI is InChI=1S/C22H42N4O5S/c1-8-14(6)18(26-19(27)15(23)11-12(2)3)21(29)24-16(9-10-32-7)20(28)25-17(13(4)5)22(30)31/h12-18H,8-11,23H2,1-7H3,(H,24,29)(H,25,28)(H,26,27)(H,30,31). The molecule has 5 atom stereocenters. The molecule has 0 aliphatic rings. The molecule has 0 rings (SSSR count). The van der Waals surface area contributed by atoms with Gasteiger partial charge in [0.25, 0.3) is 0 Å². The van der Waals surface area contributed by atoms with Crippen LogP contribution in [0.2, 0.25) is 0 Å². The fourth-order valence-electron chi connectivity index (χ4n) is 3.11. The van der Waals surface area contributed by atoms with Crippen molar-refractivity contribution in [3.63, 3.8) is 0 Å². The van der Waals surface area contributed by atoms with E-state index in [1.54, 1.807) is 13.8 Å². The van der Waals surface area contributed by atoms with E-state index >= 15 is 0 Å². The molecule has 9 nitrogen and oxygen atoms in total. The molecular weight excluding hydrogens is 432 g/mol. The molecule has 0 aromatic carbocycles. The molecule has 0 spiro atoms. The number of carbonyl (C=O) groups excluding carboxylic acids is 3. The maximum Gasteiger partial charge on any atom is 0.326 e. The Balaban J connectivity index is 5.49. The molecule has 0 aromatic heterocycles. The molecule has 32 heavy (non-hydrogen) atoms. The Morgan fingerprint density at radius 2 is 1.47 bits per heavy atom. The highest BCUT2D eigenvalue weighted by atomic mass is 32.2. The lowest BCUT2D eigenvalue weighted by atomic mass is 9.96. The zero-order valence-corrected chi connectivity index (χ0v) is 21.3. The smallest absolute Gasteiger partial charge is 0.326 e. The first-order valence-corrected chi connectivity index (χ1v) is 12.6. The number of rotatable bonds is 15. The van der Waals surface area contributed by atoms with E-state index in [4.69, 9.17) is 5.73 Å². The van der Waals surface area contributed by atoms with Crippen LogP contribution in [0.1, 0.15) is 60.8 Å².